The smallest absolute Gasteiger partial charge is 0.410 e. The summed E-state index contributed by atoms with van der Waals surface area (Å²) < 4.78 is 11.5. The highest BCUT2D eigenvalue weighted by Gasteiger charge is 2.35. The largest absolute Gasteiger partial charge is 0.507 e. The van der Waals surface area contributed by atoms with Crippen molar-refractivity contribution in [2.75, 3.05) is 83.3 Å². The molecule has 0 saturated carbocycles. The van der Waals surface area contributed by atoms with E-state index in [1.807, 2.05) is 86.3 Å². The fourth-order valence-electron chi connectivity index (χ4n) is 7.68. The van der Waals surface area contributed by atoms with Crippen LogP contribution in [-0.4, -0.2) is 134 Å². The van der Waals surface area contributed by atoms with Crippen LogP contribution in [0.3, 0.4) is 0 Å². The highest BCUT2D eigenvalue weighted by atomic mass is 16.6. The molecule has 0 spiro atoms. The molecule has 0 unspecified atom stereocenters. The van der Waals surface area contributed by atoms with Crippen LogP contribution in [0.15, 0.2) is 60.7 Å². The predicted molar refractivity (Wildman–Crippen MR) is 211 cm³/mol. The second kappa shape index (κ2) is 17.9. The number of anilines is 2. The number of hydrogen-bond acceptors (Lipinski definition) is 9. The maximum atomic E-state index is 14.1. The Morgan fingerprint density at radius 2 is 1.56 bits per heavy atom. The number of phenolic OH excluding ortho intramolecular Hbond substituents is 1. The summed E-state index contributed by atoms with van der Waals surface area (Å²) in [6.07, 6.45) is 1.30. The van der Waals surface area contributed by atoms with Gasteiger partial charge in [0.15, 0.2) is 6.10 Å². The minimum absolute atomic E-state index is 0.0156. The minimum Gasteiger partial charge on any atom is -0.507 e. The Balaban J connectivity index is 1.06. The van der Waals surface area contributed by atoms with Gasteiger partial charge in [-0.2, -0.15) is 0 Å². The van der Waals surface area contributed by atoms with Crippen LogP contribution < -0.4 is 10.2 Å². The summed E-state index contributed by atoms with van der Waals surface area (Å²) in [5.41, 5.74) is 5.55. The molecule has 0 radical (unpaired) electrons. The molecule has 13 nitrogen and oxygen atoms in total. The van der Waals surface area contributed by atoms with Gasteiger partial charge in [0.05, 0.1) is 12.2 Å². The third-order valence-corrected chi connectivity index (χ3v) is 10.8. The van der Waals surface area contributed by atoms with Crippen molar-refractivity contribution in [3.63, 3.8) is 0 Å². The topological polar surface area (TPSA) is 135 Å². The van der Waals surface area contributed by atoms with Crippen molar-refractivity contribution < 1.29 is 33.8 Å². The number of likely N-dealkylation sites (tertiary alicyclic amines) is 1. The summed E-state index contributed by atoms with van der Waals surface area (Å²) >= 11 is 0. The second-order valence-electron chi connectivity index (χ2n) is 15.1. The van der Waals surface area contributed by atoms with E-state index in [1.165, 1.54) is 0 Å². The lowest BCUT2D eigenvalue weighted by Crippen LogP contribution is -2.54. The van der Waals surface area contributed by atoms with Crippen molar-refractivity contribution >= 4 is 35.4 Å². The number of nitrogens with zero attached hydrogens (tertiary/aromatic N) is 5. The van der Waals surface area contributed by atoms with Gasteiger partial charge in [-0.05, 0) is 106 Å². The van der Waals surface area contributed by atoms with E-state index >= 15 is 0 Å². The number of rotatable bonds is 11. The first-order chi connectivity index (χ1) is 26.5. The zero-order chi connectivity index (χ0) is 39.1. The number of aromatic hydroxyl groups is 1. The van der Waals surface area contributed by atoms with Gasteiger partial charge in [-0.3, -0.25) is 4.79 Å². The van der Waals surface area contributed by atoms with Gasteiger partial charge in [0.2, 0.25) is 0 Å². The number of ether oxygens (including phenoxy) is 2. The normalized spacial score (nSPS) is 17.0. The lowest BCUT2D eigenvalue weighted by molar-refractivity contribution is -0.141. The van der Waals surface area contributed by atoms with Gasteiger partial charge in [-0.1, -0.05) is 30.3 Å². The number of para-hydroxylation sites is 1. The predicted octanol–water partition coefficient (Wildman–Crippen LogP) is 5.07. The van der Waals surface area contributed by atoms with Gasteiger partial charge < -0.3 is 44.4 Å². The Hall–Kier alpha value is -5.30. The SMILES string of the molecule is Cc1cc(C[C@@H](OC(=O)N2CCC(N3CCc4ccccc4NC3=O)CC2)C(=O)N2CCN(c3ccc(C(=O)OCCCN(C)C)cc3)CC2)cc(C)c1O. The molecule has 2 fully saturated rings. The summed E-state index contributed by atoms with van der Waals surface area (Å²) in [5, 5.41) is 13.4. The van der Waals surface area contributed by atoms with Gasteiger partial charge in [-0.15, -0.1) is 0 Å². The summed E-state index contributed by atoms with van der Waals surface area (Å²) in [7, 11) is 3.96. The summed E-state index contributed by atoms with van der Waals surface area (Å²) in [6, 6.07) is 18.7. The Morgan fingerprint density at radius 1 is 0.891 bits per heavy atom. The van der Waals surface area contributed by atoms with Crippen LogP contribution in [0.25, 0.3) is 0 Å². The molecule has 294 valence electrons. The Kier molecular flexibility index (Phi) is 12.8. The molecule has 0 aromatic heterocycles. The van der Waals surface area contributed by atoms with E-state index in [-0.39, 0.29) is 36.1 Å². The summed E-state index contributed by atoms with van der Waals surface area (Å²) in [6.45, 7) is 8.25. The van der Waals surface area contributed by atoms with Gasteiger partial charge in [0.25, 0.3) is 5.91 Å². The monoisotopic (exact) mass is 754 g/mol. The van der Waals surface area contributed by atoms with E-state index in [0.717, 1.165) is 41.9 Å². The summed E-state index contributed by atoms with van der Waals surface area (Å²) in [5.74, 6) is -0.408. The number of piperazine rings is 1. The fourth-order valence-corrected chi connectivity index (χ4v) is 7.68. The highest BCUT2D eigenvalue weighted by Crippen LogP contribution is 2.27. The number of amides is 4. The average molecular weight is 755 g/mol. The molecular weight excluding hydrogens is 700 g/mol. The molecule has 6 rings (SSSR count). The van der Waals surface area contributed by atoms with Crippen LogP contribution in [0, 0.1) is 13.8 Å². The first-order valence-corrected chi connectivity index (χ1v) is 19.3. The van der Waals surface area contributed by atoms with Crippen molar-refractivity contribution in [3.05, 3.63) is 88.5 Å². The maximum Gasteiger partial charge on any atom is 0.410 e. The second-order valence-corrected chi connectivity index (χ2v) is 15.1. The standard InChI is InChI=1S/C42H54N6O7/c1-29-26-31(27-30(2)38(29)49)28-37(55-42(53)47-18-15-35(16-19-47)48-20-14-32-8-5-6-9-36(32)43-41(48)52)39(50)46-23-21-45(22-24-46)34-12-10-33(11-13-34)40(51)54-25-7-17-44(3)4/h5-6,8-13,26-27,35,37,49H,7,14-25,28H2,1-4H3,(H,43,52)/t37-/m1/s1. The van der Waals surface area contributed by atoms with Gasteiger partial charge in [0, 0.05) is 76.2 Å². The van der Waals surface area contributed by atoms with Crippen LogP contribution in [0.4, 0.5) is 21.0 Å². The molecule has 3 heterocycles. The van der Waals surface area contributed by atoms with E-state index in [1.54, 1.807) is 21.9 Å². The molecule has 0 bridgehead atoms. The molecular formula is C42H54N6O7. The molecule has 55 heavy (non-hydrogen) atoms. The zero-order valence-corrected chi connectivity index (χ0v) is 32.5. The number of aryl methyl sites for hydroxylation is 2. The van der Waals surface area contributed by atoms with Crippen molar-refractivity contribution in [2.45, 2.75) is 58.1 Å². The van der Waals surface area contributed by atoms with Gasteiger partial charge in [-0.25, -0.2) is 14.4 Å². The zero-order valence-electron chi connectivity index (χ0n) is 32.5. The number of benzene rings is 3. The molecule has 13 heteroatoms. The molecule has 0 aliphatic carbocycles. The molecule has 2 N–H and O–H groups in total. The van der Waals surface area contributed by atoms with Gasteiger partial charge >= 0.3 is 18.1 Å². The lowest BCUT2D eigenvalue weighted by atomic mass is 10.0. The molecule has 3 aromatic rings. The Labute approximate surface area is 323 Å². The molecule has 2 saturated heterocycles. The van der Waals surface area contributed by atoms with E-state index in [0.29, 0.717) is 82.0 Å². The average Bonchev–Trinajstić information content (AvgIpc) is 3.36. The van der Waals surface area contributed by atoms with E-state index in [2.05, 4.69) is 10.2 Å². The van der Waals surface area contributed by atoms with Gasteiger partial charge in [0.1, 0.15) is 5.75 Å². The van der Waals surface area contributed by atoms with Crippen molar-refractivity contribution in [1.82, 2.24) is 19.6 Å². The minimum atomic E-state index is -1.06. The number of hydrogen-bond donors (Lipinski definition) is 2. The van der Waals surface area contributed by atoms with Crippen LogP contribution in [0.1, 0.15) is 51.9 Å². The third-order valence-electron chi connectivity index (χ3n) is 10.8. The number of urea groups is 1. The number of phenols is 1. The maximum absolute atomic E-state index is 14.1. The highest BCUT2D eigenvalue weighted by molar-refractivity contribution is 5.91. The summed E-state index contributed by atoms with van der Waals surface area (Å²) in [4.78, 5) is 62.9. The van der Waals surface area contributed by atoms with E-state index in [9.17, 15) is 24.3 Å². The fraction of sp³-hybridized carbons (Fsp3) is 0.476. The van der Waals surface area contributed by atoms with Crippen LogP contribution >= 0.6 is 0 Å². The van der Waals surface area contributed by atoms with Crippen molar-refractivity contribution in [1.29, 1.82) is 0 Å². The van der Waals surface area contributed by atoms with E-state index < -0.39 is 12.2 Å². The first-order valence-electron chi connectivity index (χ1n) is 19.3. The third kappa shape index (κ3) is 9.88. The van der Waals surface area contributed by atoms with Crippen molar-refractivity contribution in [2.24, 2.45) is 0 Å². The molecule has 1 atom stereocenters. The quantitative estimate of drug-likeness (QED) is 0.203. The Morgan fingerprint density at radius 3 is 2.24 bits per heavy atom. The number of fused-ring (bicyclic) bond motifs is 1. The molecule has 3 aromatic carbocycles. The number of carbonyl (C=O) groups excluding carboxylic acids is 4. The first kappa shape index (κ1) is 39.4. The number of esters is 1. The molecule has 4 amide bonds. The van der Waals surface area contributed by atoms with Crippen LogP contribution in [-0.2, 0) is 27.1 Å². The Bertz CT molecular complexity index is 1810. The van der Waals surface area contributed by atoms with E-state index in [4.69, 9.17) is 9.47 Å². The van der Waals surface area contributed by atoms with Crippen LogP contribution in [0.5, 0.6) is 5.75 Å². The molecule has 3 aliphatic rings. The number of nitrogens with one attached hydrogen (secondary N) is 1. The number of piperidine rings is 1. The molecule has 3 aliphatic heterocycles. The lowest BCUT2D eigenvalue weighted by Gasteiger charge is -2.39. The van der Waals surface area contributed by atoms with Crippen molar-refractivity contribution in [3.8, 4) is 5.75 Å². The number of carbonyl (C=O) groups is 4. The van der Waals surface area contributed by atoms with Crippen LogP contribution in [0.2, 0.25) is 0 Å².